The number of rotatable bonds is 4. The van der Waals surface area contributed by atoms with E-state index in [4.69, 9.17) is 0 Å². The van der Waals surface area contributed by atoms with Crippen molar-refractivity contribution in [2.24, 2.45) is 5.92 Å². The number of hydrogen-bond acceptors (Lipinski definition) is 3. The minimum Gasteiger partial charge on any atom is -0.352 e. The van der Waals surface area contributed by atoms with Gasteiger partial charge in [0.1, 0.15) is 5.82 Å². The molecule has 1 atom stereocenters. The topological polar surface area (TPSA) is 61.0 Å². The van der Waals surface area contributed by atoms with E-state index in [2.05, 4.69) is 36.1 Å². The van der Waals surface area contributed by atoms with Crippen molar-refractivity contribution in [2.45, 2.75) is 19.4 Å². The maximum atomic E-state index is 13.7. The van der Waals surface area contributed by atoms with E-state index in [1.165, 1.54) is 6.07 Å². The van der Waals surface area contributed by atoms with Crippen molar-refractivity contribution in [3.63, 3.8) is 0 Å². The predicted octanol–water partition coefficient (Wildman–Crippen LogP) is 4.00. The SMILES string of the molecule is O=C(NCc1ccccc1F)[C@H]1CCCN(c2nc3ccc(Br)cc3[nH]2)C1. The van der Waals surface area contributed by atoms with Crippen LogP contribution in [0.5, 0.6) is 0 Å². The van der Waals surface area contributed by atoms with Crippen LogP contribution in [-0.2, 0) is 11.3 Å². The number of fused-ring (bicyclic) bond motifs is 1. The van der Waals surface area contributed by atoms with Gasteiger partial charge in [-0.15, -0.1) is 0 Å². The van der Waals surface area contributed by atoms with Crippen molar-refractivity contribution in [3.8, 4) is 0 Å². The molecule has 27 heavy (non-hydrogen) atoms. The van der Waals surface area contributed by atoms with Gasteiger partial charge < -0.3 is 15.2 Å². The average molecular weight is 431 g/mol. The molecule has 5 nitrogen and oxygen atoms in total. The fourth-order valence-electron chi connectivity index (χ4n) is 3.47. The number of halogens is 2. The van der Waals surface area contributed by atoms with Gasteiger partial charge in [0.2, 0.25) is 11.9 Å². The Morgan fingerprint density at radius 2 is 2.19 bits per heavy atom. The lowest BCUT2D eigenvalue weighted by atomic mass is 9.97. The van der Waals surface area contributed by atoms with Crippen molar-refractivity contribution < 1.29 is 9.18 Å². The van der Waals surface area contributed by atoms with E-state index in [1.54, 1.807) is 18.2 Å². The third-order valence-corrected chi connectivity index (χ3v) is 5.43. The number of carbonyl (C=O) groups is 1. The van der Waals surface area contributed by atoms with Gasteiger partial charge in [0, 0.05) is 29.7 Å². The normalized spacial score (nSPS) is 17.3. The molecular formula is C20H20BrFN4O. The number of piperidine rings is 1. The van der Waals surface area contributed by atoms with Gasteiger partial charge in [-0.2, -0.15) is 0 Å². The Balaban J connectivity index is 1.42. The zero-order chi connectivity index (χ0) is 18.8. The van der Waals surface area contributed by atoms with Gasteiger partial charge in [-0.05, 0) is 37.1 Å². The second-order valence-corrected chi connectivity index (χ2v) is 7.73. The van der Waals surface area contributed by atoms with Gasteiger partial charge in [0.15, 0.2) is 0 Å². The summed E-state index contributed by atoms with van der Waals surface area (Å²) in [6, 6.07) is 12.4. The van der Waals surface area contributed by atoms with Crippen LogP contribution in [0.1, 0.15) is 18.4 Å². The average Bonchev–Trinajstić information content (AvgIpc) is 3.10. The molecular weight excluding hydrogens is 411 g/mol. The molecule has 3 aromatic rings. The van der Waals surface area contributed by atoms with E-state index in [-0.39, 0.29) is 24.2 Å². The van der Waals surface area contributed by atoms with Gasteiger partial charge in [-0.25, -0.2) is 9.37 Å². The van der Waals surface area contributed by atoms with Crippen molar-refractivity contribution in [1.82, 2.24) is 15.3 Å². The molecule has 4 rings (SSSR count). The summed E-state index contributed by atoms with van der Waals surface area (Å²) in [5, 5.41) is 2.87. The number of imidazole rings is 1. The van der Waals surface area contributed by atoms with Crippen molar-refractivity contribution >= 4 is 38.8 Å². The summed E-state index contributed by atoms with van der Waals surface area (Å²) in [5.74, 6) is 0.318. The summed E-state index contributed by atoms with van der Waals surface area (Å²) in [5.41, 5.74) is 2.37. The molecule has 0 unspecified atom stereocenters. The van der Waals surface area contributed by atoms with Crippen LogP contribution in [0, 0.1) is 11.7 Å². The Morgan fingerprint density at radius 3 is 3.04 bits per heavy atom. The highest BCUT2D eigenvalue weighted by atomic mass is 79.9. The molecule has 1 fully saturated rings. The third-order valence-electron chi connectivity index (χ3n) is 4.93. The molecule has 1 aliphatic heterocycles. The minimum atomic E-state index is -0.295. The van der Waals surface area contributed by atoms with E-state index < -0.39 is 0 Å². The number of benzene rings is 2. The number of anilines is 1. The van der Waals surface area contributed by atoms with Crippen LogP contribution in [0.2, 0.25) is 0 Å². The van der Waals surface area contributed by atoms with Gasteiger partial charge in [0.05, 0.1) is 17.0 Å². The molecule has 2 N–H and O–H groups in total. The lowest BCUT2D eigenvalue weighted by Crippen LogP contribution is -2.43. The maximum absolute atomic E-state index is 13.7. The molecule has 1 saturated heterocycles. The van der Waals surface area contributed by atoms with Gasteiger partial charge >= 0.3 is 0 Å². The van der Waals surface area contributed by atoms with Gasteiger partial charge in [-0.1, -0.05) is 34.1 Å². The highest BCUT2D eigenvalue weighted by Crippen LogP contribution is 2.25. The van der Waals surface area contributed by atoms with Crippen LogP contribution >= 0.6 is 15.9 Å². The molecule has 0 radical (unpaired) electrons. The monoisotopic (exact) mass is 430 g/mol. The number of carbonyl (C=O) groups excluding carboxylic acids is 1. The van der Waals surface area contributed by atoms with E-state index in [1.807, 2.05) is 18.2 Å². The predicted molar refractivity (Wildman–Crippen MR) is 107 cm³/mol. The number of nitrogens with zero attached hydrogens (tertiary/aromatic N) is 2. The fraction of sp³-hybridized carbons (Fsp3) is 0.300. The summed E-state index contributed by atoms with van der Waals surface area (Å²) in [6.45, 7) is 1.67. The van der Waals surface area contributed by atoms with Gasteiger partial charge in [-0.3, -0.25) is 4.79 Å². The Labute approximate surface area is 165 Å². The minimum absolute atomic E-state index is 0.0400. The quantitative estimate of drug-likeness (QED) is 0.657. The van der Waals surface area contributed by atoms with E-state index in [9.17, 15) is 9.18 Å². The summed E-state index contributed by atoms with van der Waals surface area (Å²) < 4.78 is 14.7. The molecule has 0 aliphatic carbocycles. The van der Waals surface area contributed by atoms with Crippen LogP contribution < -0.4 is 10.2 Å². The molecule has 1 aliphatic rings. The summed E-state index contributed by atoms with van der Waals surface area (Å²) in [6.07, 6.45) is 1.74. The molecule has 7 heteroatoms. The zero-order valence-corrected chi connectivity index (χ0v) is 16.3. The Morgan fingerprint density at radius 1 is 1.33 bits per heavy atom. The first-order chi connectivity index (χ1) is 13.1. The second-order valence-electron chi connectivity index (χ2n) is 6.82. The summed E-state index contributed by atoms with van der Waals surface area (Å²) >= 11 is 3.47. The van der Waals surface area contributed by atoms with Crippen LogP contribution in [0.3, 0.4) is 0 Å². The van der Waals surface area contributed by atoms with E-state index in [0.29, 0.717) is 12.1 Å². The summed E-state index contributed by atoms with van der Waals surface area (Å²) in [7, 11) is 0. The largest absolute Gasteiger partial charge is 0.352 e. The number of nitrogens with one attached hydrogen (secondary N) is 2. The first-order valence-electron chi connectivity index (χ1n) is 9.01. The Bertz CT molecular complexity index is 974. The fourth-order valence-corrected chi connectivity index (χ4v) is 3.83. The first kappa shape index (κ1) is 18.0. The highest BCUT2D eigenvalue weighted by molar-refractivity contribution is 9.10. The Hall–Kier alpha value is -2.41. The molecule has 2 heterocycles. The third kappa shape index (κ3) is 3.98. The van der Waals surface area contributed by atoms with Gasteiger partial charge in [0.25, 0.3) is 0 Å². The molecule has 2 aromatic carbocycles. The highest BCUT2D eigenvalue weighted by Gasteiger charge is 2.27. The maximum Gasteiger partial charge on any atom is 0.225 e. The molecule has 0 saturated carbocycles. The smallest absolute Gasteiger partial charge is 0.225 e. The Kier molecular flexibility index (Phi) is 5.11. The molecule has 0 spiro atoms. The first-order valence-corrected chi connectivity index (χ1v) is 9.81. The number of aromatic nitrogens is 2. The second kappa shape index (κ2) is 7.68. The number of aromatic amines is 1. The van der Waals surface area contributed by atoms with E-state index in [0.717, 1.165) is 40.8 Å². The van der Waals surface area contributed by atoms with Crippen LogP contribution in [-0.4, -0.2) is 29.0 Å². The van der Waals surface area contributed by atoms with Crippen LogP contribution in [0.25, 0.3) is 11.0 Å². The standard InChI is InChI=1S/C20H20BrFN4O/c21-15-7-8-17-18(10-15)25-20(24-17)26-9-3-5-14(12-26)19(27)23-11-13-4-1-2-6-16(13)22/h1-2,4,6-8,10,14H,3,5,9,11-12H2,(H,23,27)(H,24,25)/t14-/m0/s1. The van der Waals surface area contributed by atoms with Crippen molar-refractivity contribution in [3.05, 3.63) is 58.3 Å². The van der Waals surface area contributed by atoms with Crippen molar-refractivity contribution in [1.29, 1.82) is 0 Å². The zero-order valence-electron chi connectivity index (χ0n) is 14.7. The van der Waals surface area contributed by atoms with E-state index >= 15 is 0 Å². The lowest BCUT2D eigenvalue weighted by molar-refractivity contribution is -0.125. The number of H-pyrrole nitrogens is 1. The molecule has 1 amide bonds. The number of hydrogen-bond donors (Lipinski definition) is 2. The number of amides is 1. The molecule has 1 aromatic heterocycles. The summed E-state index contributed by atoms with van der Waals surface area (Å²) in [4.78, 5) is 22.7. The molecule has 140 valence electrons. The van der Waals surface area contributed by atoms with Crippen LogP contribution in [0.4, 0.5) is 10.3 Å². The lowest BCUT2D eigenvalue weighted by Gasteiger charge is -2.31. The molecule has 0 bridgehead atoms. The van der Waals surface area contributed by atoms with Crippen molar-refractivity contribution in [2.75, 3.05) is 18.0 Å². The van der Waals surface area contributed by atoms with Crippen LogP contribution in [0.15, 0.2) is 46.9 Å².